The van der Waals surface area contributed by atoms with Crippen LogP contribution in [0, 0.1) is 0 Å². The van der Waals surface area contributed by atoms with E-state index in [1.54, 1.807) is 0 Å². The van der Waals surface area contributed by atoms with Crippen molar-refractivity contribution in [3.8, 4) is 5.75 Å². The number of hydrogen-bond donors (Lipinski definition) is 1. The van der Waals surface area contributed by atoms with E-state index in [2.05, 4.69) is 39.9 Å². The molecule has 0 aliphatic rings. The second kappa shape index (κ2) is 6.16. The number of nitrogens with one attached hydrogen (secondary N) is 1. The van der Waals surface area contributed by atoms with Gasteiger partial charge >= 0.3 is 0 Å². The molecule has 1 aromatic carbocycles. The van der Waals surface area contributed by atoms with E-state index in [0.29, 0.717) is 12.4 Å². The lowest BCUT2D eigenvalue weighted by Crippen LogP contribution is -2.18. The summed E-state index contributed by atoms with van der Waals surface area (Å²) in [5.74, 6) is 1.39. The monoisotopic (exact) mass is 247 g/mol. The van der Waals surface area contributed by atoms with Crippen molar-refractivity contribution >= 4 is 0 Å². The van der Waals surface area contributed by atoms with Crippen LogP contribution in [0.4, 0.5) is 0 Å². The summed E-state index contributed by atoms with van der Waals surface area (Å²) in [7, 11) is 0. The van der Waals surface area contributed by atoms with Gasteiger partial charge in [0.25, 0.3) is 0 Å². The number of benzene rings is 1. The molecule has 0 saturated carbocycles. The van der Waals surface area contributed by atoms with Gasteiger partial charge < -0.3 is 14.6 Å². The molecule has 2 aromatic rings. The number of ether oxygens (including phenoxy) is 1. The Labute approximate surface area is 106 Å². The van der Waals surface area contributed by atoms with Crippen LogP contribution in [-0.4, -0.2) is 16.7 Å². The second-order valence-corrected chi connectivity index (χ2v) is 3.95. The Kier molecular flexibility index (Phi) is 4.30. The summed E-state index contributed by atoms with van der Waals surface area (Å²) in [5, 5.41) is 7.08. The molecule has 0 amide bonds. The Morgan fingerprint density at radius 1 is 1.39 bits per heavy atom. The lowest BCUT2D eigenvalue weighted by molar-refractivity contribution is 0.281. The largest absolute Gasteiger partial charge is 0.485 e. The van der Waals surface area contributed by atoms with Gasteiger partial charge in [-0.3, -0.25) is 0 Å². The molecule has 1 unspecified atom stereocenters. The number of para-hydroxylation sites is 1. The Morgan fingerprint density at radius 2 is 2.22 bits per heavy atom. The molecule has 1 N–H and O–H groups in total. The first kappa shape index (κ1) is 12.6. The van der Waals surface area contributed by atoms with Crippen LogP contribution < -0.4 is 10.1 Å². The lowest BCUT2D eigenvalue weighted by Gasteiger charge is -2.16. The van der Waals surface area contributed by atoms with Crippen molar-refractivity contribution in [2.24, 2.45) is 0 Å². The number of rotatable bonds is 6. The third-order valence-electron chi connectivity index (χ3n) is 2.66. The van der Waals surface area contributed by atoms with Crippen molar-refractivity contribution in [1.82, 2.24) is 15.5 Å². The van der Waals surface area contributed by atoms with E-state index in [9.17, 15) is 0 Å². The van der Waals surface area contributed by atoms with Crippen LogP contribution in [0.5, 0.6) is 5.75 Å². The normalized spacial score (nSPS) is 12.3. The summed E-state index contributed by atoms with van der Waals surface area (Å²) < 4.78 is 10.4. The van der Waals surface area contributed by atoms with Crippen molar-refractivity contribution in [3.63, 3.8) is 0 Å². The topological polar surface area (TPSA) is 60.2 Å². The maximum Gasteiger partial charge on any atom is 0.213 e. The van der Waals surface area contributed by atoms with Crippen LogP contribution in [0.2, 0.25) is 0 Å². The van der Waals surface area contributed by atoms with E-state index < -0.39 is 0 Å². The van der Waals surface area contributed by atoms with E-state index >= 15 is 0 Å². The SMILES string of the molecule is CCNC(C)c1ccccc1OCc1ncon1. The fourth-order valence-corrected chi connectivity index (χ4v) is 1.78. The summed E-state index contributed by atoms with van der Waals surface area (Å²) in [4.78, 5) is 3.92. The number of hydrogen-bond acceptors (Lipinski definition) is 5. The summed E-state index contributed by atoms with van der Waals surface area (Å²) in [6.07, 6.45) is 1.30. The first-order valence-corrected chi connectivity index (χ1v) is 6.01. The molecule has 0 aliphatic carbocycles. The van der Waals surface area contributed by atoms with Crippen molar-refractivity contribution in [1.29, 1.82) is 0 Å². The van der Waals surface area contributed by atoms with Crippen LogP contribution in [0.25, 0.3) is 0 Å². The average Bonchev–Trinajstić information content (AvgIpc) is 2.90. The van der Waals surface area contributed by atoms with Gasteiger partial charge in [0.2, 0.25) is 12.2 Å². The van der Waals surface area contributed by atoms with Crippen LogP contribution in [0.3, 0.4) is 0 Å². The Balaban J connectivity index is 2.07. The summed E-state index contributed by atoms with van der Waals surface area (Å²) in [5.41, 5.74) is 1.13. The van der Waals surface area contributed by atoms with Crippen LogP contribution in [-0.2, 0) is 6.61 Å². The summed E-state index contributed by atoms with van der Waals surface area (Å²) >= 11 is 0. The van der Waals surface area contributed by atoms with Gasteiger partial charge in [0.05, 0.1) is 0 Å². The van der Waals surface area contributed by atoms with Crippen LogP contribution in [0.1, 0.15) is 31.3 Å². The third kappa shape index (κ3) is 3.07. The molecule has 5 nitrogen and oxygen atoms in total. The molecule has 1 atom stereocenters. The number of aromatic nitrogens is 2. The Bertz CT molecular complexity index is 471. The second-order valence-electron chi connectivity index (χ2n) is 3.95. The Morgan fingerprint density at radius 3 is 2.94 bits per heavy atom. The third-order valence-corrected chi connectivity index (χ3v) is 2.66. The van der Waals surface area contributed by atoms with Gasteiger partial charge in [0.15, 0.2) is 6.61 Å². The highest BCUT2D eigenvalue weighted by atomic mass is 16.5. The molecule has 0 bridgehead atoms. The lowest BCUT2D eigenvalue weighted by atomic mass is 10.1. The van der Waals surface area contributed by atoms with E-state index in [1.807, 2.05) is 18.2 Å². The molecule has 0 aliphatic heterocycles. The zero-order chi connectivity index (χ0) is 12.8. The standard InChI is InChI=1S/C13H17N3O2/c1-3-14-10(2)11-6-4-5-7-12(11)17-8-13-15-9-18-16-13/h4-7,9-10,14H,3,8H2,1-2H3. The van der Waals surface area contributed by atoms with E-state index in [4.69, 9.17) is 4.74 Å². The van der Waals surface area contributed by atoms with Gasteiger partial charge in [0, 0.05) is 11.6 Å². The first-order valence-electron chi connectivity index (χ1n) is 6.01. The maximum absolute atomic E-state index is 5.72. The molecule has 18 heavy (non-hydrogen) atoms. The van der Waals surface area contributed by atoms with Crippen molar-refractivity contribution in [3.05, 3.63) is 42.0 Å². The molecule has 2 rings (SSSR count). The molecule has 1 heterocycles. The highest BCUT2D eigenvalue weighted by Crippen LogP contribution is 2.25. The Hall–Kier alpha value is -1.88. The van der Waals surface area contributed by atoms with Gasteiger partial charge in [-0.1, -0.05) is 30.3 Å². The summed E-state index contributed by atoms with van der Waals surface area (Å²) in [6.45, 7) is 5.42. The van der Waals surface area contributed by atoms with E-state index in [1.165, 1.54) is 6.39 Å². The molecule has 96 valence electrons. The molecule has 0 saturated heterocycles. The van der Waals surface area contributed by atoms with Gasteiger partial charge in [-0.25, -0.2) is 0 Å². The fourth-order valence-electron chi connectivity index (χ4n) is 1.78. The van der Waals surface area contributed by atoms with Crippen LogP contribution >= 0.6 is 0 Å². The average molecular weight is 247 g/mol. The molecule has 0 fully saturated rings. The fraction of sp³-hybridized carbons (Fsp3) is 0.385. The highest BCUT2D eigenvalue weighted by Gasteiger charge is 2.10. The zero-order valence-corrected chi connectivity index (χ0v) is 10.6. The molecular formula is C13H17N3O2. The number of nitrogens with zero attached hydrogens (tertiary/aromatic N) is 2. The van der Waals surface area contributed by atoms with Gasteiger partial charge in [-0.05, 0) is 19.5 Å². The van der Waals surface area contributed by atoms with E-state index in [-0.39, 0.29) is 6.04 Å². The smallest absolute Gasteiger partial charge is 0.213 e. The minimum Gasteiger partial charge on any atom is -0.485 e. The van der Waals surface area contributed by atoms with Crippen molar-refractivity contribution < 1.29 is 9.26 Å². The van der Waals surface area contributed by atoms with Crippen molar-refractivity contribution in [2.75, 3.05) is 6.54 Å². The van der Waals surface area contributed by atoms with Gasteiger partial charge in [0.1, 0.15) is 5.75 Å². The van der Waals surface area contributed by atoms with Crippen LogP contribution in [0.15, 0.2) is 35.2 Å². The predicted molar refractivity (Wildman–Crippen MR) is 67.2 cm³/mol. The minimum atomic E-state index is 0.247. The predicted octanol–water partition coefficient (Wildman–Crippen LogP) is 2.32. The summed E-state index contributed by atoms with van der Waals surface area (Å²) in [6, 6.07) is 8.21. The van der Waals surface area contributed by atoms with Gasteiger partial charge in [-0.15, -0.1) is 0 Å². The van der Waals surface area contributed by atoms with Crippen molar-refractivity contribution in [2.45, 2.75) is 26.5 Å². The zero-order valence-electron chi connectivity index (χ0n) is 10.6. The highest BCUT2D eigenvalue weighted by molar-refractivity contribution is 5.35. The quantitative estimate of drug-likeness (QED) is 0.848. The van der Waals surface area contributed by atoms with Gasteiger partial charge in [-0.2, -0.15) is 4.98 Å². The first-order chi connectivity index (χ1) is 8.81. The molecular weight excluding hydrogens is 230 g/mol. The van der Waals surface area contributed by atoms with E-state index in [0.717, 1.165) is 17.9 Å². The minimum absolute atomic E-state index is 0.247. The molecule has 5 heteroatoms. The molecule has 0 spiro atoms. The maximum atomic E-state index is 5.72. The molecule has 0 radical (unpaired) electrons. The molecule has 1 aromatic heterocycles.